The van der Waals surface area contributed by atoms with Crippen molar-refractivity contribution in [3.8, 4) is 17.2 Å². The highest BCUT2D eigenvalue weighted by atomic mass is 32.1. The van der Waals surface area contributed by atoms with Crippen LogP contribution >= 0.6 is 11.3 Å². The Morgan fingerprint density at radius 1 is 1.00 bits per heavy atom. The summed E-state index contributed by atoms with van der Waals surface area (Å²) in [6.07, 6.45) is 4.49. The Morgan fingerprint density at radius 3 is 2.33 bits per heavy atom. The molecule has 0 radical (unpaired) electrons. The number of benzene rings is 1. The fourth-order valence-electron chi connectivity index (χ4n) is 4.01. The number of hydrogen-bond acceptors (Lipinski definition) is 6. The molecule has 1 saturated carbocycles. The first-order chi connectivity index (χ1) is 14.5. The third kappa shape index (κ3) is 4.53. The highest BCUT2D eigenvalue weighted by Gasteiger charge is 2.36. The van der Waals surface area contributed by atoms with E-state index in [2.05, 4.69) is 28.1 Å². The lowest BCUT2D eigenvalue weighted by Crippen LogP contribution is -2.43. The van der Waals surface area contributed by atoms with Crippen LogP contribution in [0.1, 0.15) is 40.9 Å². The first kappa shape index (κ1) is 22.0. The van der Waals surface area contributed by atoms with Gasteiger partial charge in [-0.05, 0) is 36.4 Å². The Morgan fingerprint density at radius 2 is 1.73 bits per heavy atom. The molecule has 1 heterocycles. The molecule has 1 aromatic heterocycles. The lowest BCUT2D eigenvalue weighted by Gasteiger charge is -2.28. The minimum atomic E-state index is -0.420. The van der Waals surface area contributed by atoms with Crippen LogP contribution in [0.5, 0.6) is 17.2 Å². The molecule has 8 heteroatoms. The molecule has 0 spiro atoms. The third-order valence-electron chi connectivity index (χ3n) is 5.59. The van der Waals surface area contributed by atoms with E-state index < -0.39 is 5.91 Å². The zero-order valence-electron chi connectivity index (χ0n) is 17.6. The molecule has 2 N–H and O–H groups in total. The number of carbonyl (C=O) groups excluding carboxylic acids is 2. The van der Waals surface area contributed by atoms with Gasteiger partial charge in [0.1, 0.15) is 0 Å². The molecule has 0 unspecified atom stereocenters. The summed E-state index contributed by atoms with van der Waals surface area (Å²) in [4.78, 5) is 26.4. The number of methoxy groups -OCH3 is 3. The predicted octanol–water partition coefficient (Wildman–Crippen LogP) is 3.13. The maximum atomic E-state index is 12.6. The Labute approximate surface area is 180 Å². The van der Waals surface area contributed by atoms with Crippen LogP contribution in [0.3, 0.4) is 0 Å². The first-order valence-corrected chi connectivity index (χ1v) is 10.8. The second-order valence-electron chi connectivity index (χ2n) is 7.31. The summed E-state index contributed by atoms with van der Waals surface area (Å²) in [5.74, 6) is 0.412. The smallest absolute Gasteiger partial charge is 0.255 e. The Hall–Kier alpha value is -2.74. The molecule has 1 aliphatic rings. The van der Waals surface area contributed by atoms with E-state index in [1.165, 1.54) is 39.0 Å². The van der Waals surface area contributed by atoms with Crippen molar-refractivity contribution in [1.82, 2.24) is 10.6 Å². The highest BCUT2D eigenvalue weighted by molar-refractivity contribution is 7.10. The molecule has 0 saturated heterocycles. The largest absolute Gasteiger partial charge is 0.493 e. The second-order valence-corrected chi connectivity index (χ2v) is 8.25. The van der Waals surface area contributed by atoms with E-state index in [1.54, 1.807) is 23.5 Å². The van der Waals surface area contributed by atoms with Crippen LogP contribution in [0.15, 0.2) is 29.6 Å². The van der Waals surface area contributed by atoms with Gasteiger partial charge >= 0.3 is 0 Å². The van der Waals surface area contributed by atoms with Crippen molar-refractivity contribution in [3.05, 3.63) is 40.1 Å². The van der Waals surface area contributed by atoms with Crippen molar-refractivity contribution in [3.63, 3.8) is 0 Å². The molecule has 1 aliphatic carbocycles. The number of rotatable bonds is 9. The summed E-state index contributed by atoms with van der Waals surface area (Å²) >= 11 is 1.74. The standard InChI is InChI=1S/C22H28N2O5S/c1-27-16-9-8-15(19(28-2)20(16)29-3)21(26)23-13-18(25)24-14-22(10-4-5-11-22)17-7-6-12-30-17/h6-9,12H,4-5,10-11,13-14H2,1-3H3,(H,23,26)(H,24,25). The number of nitrogens with one attached hydrogen (secondary N) is 2. The van der Waals surface area contributed by atoms with Crippen LogP contribution in [0.2, 0.25) is 0 Å². The minimum absolute atomic E-state index is 0.0143. The number of carbonyl (C=O) groups is 2. The van der Waals surface area contributed by atoms with Gasteiger partial charge in [-0.25, -0.2) is 0 Å². The van der Waals surface area contributed by atoms with Crippen molar-refractivity contribution in [2.75, 3.05) is 34.4 Å². The van der Waals surface area contributed by atoms with E-state index in [-0.39, 0.29) is 29.2 Å². The average molecular weight is 433 g/mol. The van der Waals surface area contributed by atoms with Crippen LogP contribution < -0.4 is 24.8 Å². The van der Waals surface area contributed by atoms with Crippen LogP contribution in [0.25, 0.3) is 0 Å². The summed E-state index contributed by atoms with van der Waals surface area (Å²) in [6.45, 7) is 0.471. The second kappa shape index (κ2) is 9.84. The van der Waals surface area contributed by atoms with E-state index in [1.807, 2.05) is 0 Å². The van der Waals surface area contributed by atoms with Gasteiger partial charge in [-0.1, -0.05) is 18.9 Å². The van der Waals surface area contributed by atoms with Crippen molar-refractivity contribution in [2.45, 2.75) is 31.1 Å². The van der Waals surface area contributed by atoms with E-state index in [9.17, 15) is 9.59 Å². The molecule has 3 rings (SSSR count). The molecule has 7 nitrogen and oxygen atoms in total. The van der Waals surface area contributed by atoms with Crippen LogP contribution in [0.4, 0.5) is 0 Å². The van der Waals surface area contributed by atoms with Crippen molar-refractivity contribution in [1.29, 1.82) is 0 Å². The van der Waals surface area contributed by atoms with E-state index in [0.29, 0.717) is 18.0 Å². The molecular formula is C22H28N2O5S. The normalized spacial score (nSPS) is 14.8. The van der Waals surface area contributed by atoms with Crippen molar-refractivity contribution < 1.29 is 23.8 Å². The highest BCUT2D eigenvalue weighted by Crippen LogP contribution is 2.42. The molecule has 0 bridgehead atoms. The van der Waals surface area contributed by atoms with Gasteiger partial charge in [0.25, 0.3) is 5.91 Å². The minimum Gasteiger partial charge on any atom is -0.493 e. The predicted molar refractivity (Wildman–Crippen MR) is 116 cm³/mol. The van der Waals surface area contributed by atoms with Gasteiger partial charge in [-0.15, -0.1) is 11.3 Å². The molecule has 30 heavy (non-hydrogen) atoms. The van der Waals surface area contributed by atoms with E-state index in [0.717, 1.165) is 12.8 Å². The fourth-order valence-corrected chi connectivity index (χ4v) is 5.00. The number of thiophene rings is 1. The summed E-state index contributed by atoms with van der Waals surface area (Å²) in [5.41, 5.74) is 0.286. The average Bonchev–Trinajstić information content (AvgIpc) is 3.47. The van der Waals surface area contributed by atoms with Gasteiger partial charge in [0, 0.05) is 16.8 Å². The Kier molecular flexibility index (Phi) is 7.20. The lowest BCUT2D eigenvalue weighted by molar-refractivity contribution is -0.120. The lowest BCUT2D eigenvalue weighted by atomic mass is 9.84. The van der Waals surface area contributed by atoms with Crippen LogP contribution in [-0.4, -0.2) is 46.2 Å². The molecule has 2 aromatic rings. The maximum Gasteiger partial charge on any atom is 0.255 e. The Balaban J connectivity index is 1.60. The van der Waals surface area contributed by atoms with Crippen LogP contribution in [0, 0.1) is 0 Å². The van der Waals surface area contributed by atoms with E-state index in [4.69, 9.17) is 14.2 Å². The van der Waals surface area contributed by atoms with Crippen molar-refractivity contribution >= 4 is 23.2 Å². The zero-order chi connectivity index (χ0) is 21.6. The molecule has 162 valence electrons. The molecule has 1 aromatic carbocycles. The topological polar surface area (TPSA) is 85.9 Å². The molecule has 0 atom stereocenters. The fraction of sp³-hybridized carbons (Fsp3) is 0.455. The molecule has 2 amide bonds. The Bertz CT molecular complexity index is 876. The van der Waals surface area contributed by atoms with Gasteiger partial charge in [0.15, 0.2) is 11.5 Å². The monoisotopic (exact) mass is 432 g/mol. The maximum absolute atomic E-state index is 12.6. The molecular weight excluding hydrogens is 404 g/mol. The van der Waals surface area contributed by atoms with Gasteiger partial charge in [-0.3, -0.25) is 9.59 Å². The number of amides is 2. The summed E-state index contributed by atoms with van der Waals surface area (Å²) in [5, 5.41) is 7.74. The first-order valence-electron chi connectivity index (χ1n) is 9.92. The van der Waals surface area contributed by atoms with Gasteiger partial charge in [0.2, 0.25) is 11.7 Å². The third-order valence-corrected chi connectivity index (χ3v) is 6.70. The SMILES string of the molecule is COc1ccc(C(=O)NCC(=O)NCC2(c3cccs3)CCCC2)c(OC)c1OC. The quantitative estimate of drug-likeness (QED) is 0.636. The van der Waals surface area contributed by atoms with Gasteiger partial charge in [-0.2, -0.15) is 0 Å². The zero-order valence-corrected chi connectivity index (χ0v) is 18.4. The molecule has 0 aliphatic heterocycles. The van der Waals surface area contributed by atoms with E-state index >= 15 is 0 Å². The van der Waals surface area contributed by atoms with Crippen LogP contribution in [-0.2, 0) is 10.2 Å². The summed E-state index contributed by atoms with van der Waals surface area (Å²) in [6, 6.07) is 7.41. The summed E-state index contributed by atoms with van der Waals surface area (Å²) in [7, 11) is 4.43. The van der Waals surface area contributed by atoms with Gasteiger partial charge in [0.05, 0.1) is 33.4 Å². The summed E-state index contributed by atoms with van der Waals surface area (Å²) < 4.78 is 15.9. The number of hydrogen-bond donors (Lipinski definition) is 2. The molecule has 1 fully saturated rings. The number of ether oxygens (including phenoxy) is 3. The van der Waals surface area contributed by atoms with Crippen molar-refractivity contribution in [2.24, 2.45) is 0 Å². The van der Waals surface area contributed by atoms with Gasteiger partial charge < -0.3 is 24.8 Å².